The molecule has 1 atom stereocenters. The lowest BCUT2D eigenvalue weighted by molar-refractivity contribution is -0.0982. The van der Waals surface area contributed by atoms with Crippen LogP contribution in [0.2, 0.25) is 5.02 Å². The van der Waals surface area contributed by atoms with Crippen molar-refractivity contribution < 1.29 is 4.74 Å². The molecule has 1 aromatic heterocycles. The van der Waals surface area contributed by atoms with E-state index in [0.29, 0.717) is 6.04 Å². The van der Waals surface area contributed by atoms with Crippen LogP contribution in [-0.4, -0.2) is 28.3 Å². The van der Waals surface area contributed by atoms with Crippen LogP contribution in [0.5, 0.6) is 0 Å². The highest BCUT2D eigenvalue weighted by atomic mass is 35.5. The Morgan fingerprint density at radius 1 is 1.24 bits per heavy atom. The van der Waals surface area contributed by atoms with Gasteiger partial charge < -0.3 is 9.30 Å². The number of hydrogen-bond acceptors (Lipinski definition) is 2. The molecule has 4 rings (SSSR count). The van der Waals surface area contributed by atoms with Crippen molar-refractivity contribution in [2.24, 2.45) is 0 Å². The van der Waals surface area contributed by atoms with E-state index in [2.05, 4.69) is 34.7 Å². The summed E-state index contributed by atoms with van der Waals surface area (Å²) in [4.78, 5) is 0. The normalized spacial score (nSPS) is 25.5. The zero-order valence-electron chi connectivity index (χ0n) is 12.1. The fraction of sp³-hybridized carbons (Fsp3) is 0.529. The Labute approximate surface area is 134 Å². The highest BCUT2D eigenvalue weighted by Gasteiger charge is 2.39. The summed E-state index contributed by atoms with van der Waals surface area (Å²) in [6, 6.07) is 8.86. The van der Waals surface area contributed by atoms with Gasteiger partial charge in [0.15, 0.2) is 0 Å². The zero-order valence-corrected chi connectivity index (χ0v) is 13.6. The van der Waals surface area contributed by atoms with Gasteiger partial charge in [-0.05, 0) is 49.3 Å². The lowest BCUT2D eigenvalue weighted by Gasteiger charge is -2.43. The number of nitrogens with zero attached hydrogens (tertiary/aromatic N) is 1. The van der Waals surface area contributed by atoms with Crippen molar-refractivity contribution in [2.75, 3.05) is 18.1 Å². The van der Waals surface area contributed by atoms with Gasteiger partial charge in [0, 0.05) is 24.2 Å². The Balaban J connectivity index is 1.68. The van der Waals surface area contributed by atoms with Crippen LogP contribution in [0.15, 0.2) is 30.5 Å². The van der Waals surface area contributed by atoms with Crippen molar-refractivity contribution >= 4 is 34.3 Å². The van der Waals surface area contributed by atoms with Crippen molar-refractivity contribution in [1.29, 1.82) is 0 Å². The maximum atomic E-state index is 6.44. The second kappa shape index (κ2) is 5.53. The minimum atomic E-state index is 0.117. The third-order valence-electron chi connectivity index (χ3n) is 4.96. The number of aromatic nitrogens is 1. The molecule has 4 heteroatoms. The average molecular weight is 322 g/mol. The topological polar surface area (TPSA) is 14.2 Å². The predicted molar refractivity (Wildman–Crippen MR) is 90.5 cm³/mol. The Morgan fingerprint density at radius 2 is 2.10 bits per heavy atom. The van der Waals surface area contributed by atoms with Gasteiger partial charge >= 0.3 is 0 Å². The molecule has 2 fully saturated rings. The first-order valence-electron chi connectivity index (χ1n) is 7.74. The van der Waals surface area contributed by atoms with Crippen molar-refractivity contribution in [3.8, 4) is 0 Å². The van der Waals surface area contributed by atoms with Crippen LogP contribution < -0.4 is 0 Å². The Bertz CT molecular complexity index is 642. The minimum absolute atomic E-state index is 0.117. The number of fused-ring (bicyclic) bond motifs is 1. The van der Waals surface area contributed by atoms with Crippen molar-refractivity contribution in [3.63, 3.8) is 0 Å². The number of ether oxygens (including phenoxy) is 1. The molecule has 2 saturated heterocycles. The van der Waals surface area contributed by atoms with E-state index in [1.165, 1.54) is 35.3 Å². The molecule has 0 radical (unpaired) electrons. The lowest BCUT2D eigenvalue weighted by atomic mass is 9.85. The van der Waals surface area contributed by atoms with Crippen LogP contribution in [0.3, 0.4) is 0 Å². The summed E-state index contributed by atoms with van der Waals surface area (Å²) >= 11 is 8.50. The smallest absolute Gasteiger partial charge is 0.0718 e. The zero-order chi connectivity index (χ0) is 14.3. The first-order valence-corrected chi connectivity index (χ1v) is 9.27. The average Bonchev–Trinajstić information content (AvgIpc) is 2.94. The Kier molecular flexibility index (Phi) is 3.68. The van der Waals surface area contributed by atoms with Crippen LogP contribution in [0.4, 0.5) is 0 Å². The highest BCUT2D eigenvalue weighted by Crippen LogP contribution is 2.42. The Hall–Kier alpha value is -0.640. The number of benzene rings is 1. The van der Waals surface area contributed by atoms with Crippen molar-refractivity contribution in [3.05, 3.63) is 35.5 Å². The molecule has 2 aliphatic rings. The molecular formula is C17H20ClNOS. The van der Waals surface area contributed by atoms with Crippen molar-refractivity contribution in [2.45, 2.75) is 37.3 Å². The standard InChI is InChI=1S/C17H20ClNOS/c18-15-3-1-2-13-4-8-19(16(13)15)14-5-9-20-17(12-14)6-10-21-11-7-17/h1-4,8,14H,5-7,9-12H2. The molecule has 1 unspecified atom stereocenters. The SMILES string of the molecule is Clc1cccc2ccn(C3CCOC4(CCSCC4)C3)c12. The second-order valence-electron chi connectivity index (χ2n) is 6.19. The third kappa shape index (κ3) is 2.49. The van der Waals surface area contributed by atoms with Crippen LogP contribution in [0.25, 0.3) is 10.9 Å². The fourth-order valence-electron chi connectivity index (χ4n) is 3.81. The largest absolute Gasteiger partial charge is 0.375 e. The highest BCUT2D eigenvalue weighted by molar-refractivity contribution is 7.99. The summed E-state index contributed by atoms with van der Waals surface area (Å²) in [7, 11) is 0. The molecular weight excluding hydrogens is 302 g/mol. The molecule has 0 N–H and O–H groups in total. The maximum Gasteiger partial charge on any atom is 0.0718 e. The van der Waals surface area contributed by atoms with Gasteiger partial charge in [0.2, 0.25) is 0 Å². The van der Waals surface area contributed by atoms with Crippen LogP contribution in [-0.2, 0) is 4.74 Å². The number of rotatable bonds is 1. The van der Waals surface area contributed by atoms with Gasteiger partial charge in [-0.3, -0.25) is 0 Å². The molecule has 2 aromatic rings. The van der Waals surface area contributed by atoms with E-state index in [1.54, 1.807) is 0 Å². The van der Waals surface area contributed by atoms with Gasteiger partial charge in [0.25, 0.3) is 0 Å². The number of thioether (sulfide) groups is 1. The van der Waals surface area contributed by atoms with Crippen molar-refractivity contribution in [1.82, 2.24) is 4.57 Å². The second-order valence-corrected chi connectivity index (χ2v) is 7.82. The number of hydrogen-bond donors (Lipinski definition) is 0. The van der Waals surface area contributed by atoms with Gasteiger partial charge in [-0.15, -0.1) is 0 Å². The first kappa shape index (κ1) is 14.0. The molecule has 21 heavy (non-hydrogen) atoms. The molecule has 0 aliphatic carbocycles. The molecule has 1 aromatic carbocycles. The fourth-order valence-corrected chi connectivity index (χ4v) is 5.33. The quantitative estimate of drug-likeness (QED) is 0.740. The third-order valence-corrected chi connectivity index (χ3v) is 6.25. The van der Waals surface area contributed by atoms with Gasteiger partial charge in [-0.2, -0.15) is 11.8 Å². The van der Waals surface area contributed by atoms with E-state index in [1.807, 2.05) is 12.1 Å². The summed E-state index contributed by atoms with van der Waals surface area (Å²) in [5.41, 5.74) is 1.30. The van der Waals surface area contributed by atoms with Crippen LogP contribution in [0.1, 0.15) is 31.7 Å². The van der Waals surface area contributed by atoms with Crippen LogP contribution in [0, 0.1) is 0 Å². The molecule has 2 aliphatic heterocycles. The van der Waals surface area contributed by atoms with Gasteiger partial charge in [0.1, 0.15) is 0 Å². The van der Waals surface area contributed by atoms with E-state index < -0.39 is 0 Å². The number of para-hydroxylation sites is 1. The molecule has 0 amide bonds. The summed E-state index contributed by atoms with van der Waals surface area (Å²) < 4.78 is 8.61. The van der Waals surface area contributed by atoms with Gasteiger partial charge in [-0.1, -0.05) is 23.7 Å². The summed E-state index contributed by atoms with van der Waals surface area (Å²) in [6.45, 7) is 0.874. The molecule has 0 bridgehead atoms. The number of halogens is 1. The lowest BCUT2D eigenvalue weighted by Crippen LogP contribution is -2.43. The van der Waals surface area contributed by atoms with Gasteiger partial charge in [-0.25, -0.2) is 0 Å². The summed E-state index contributed by atoms with van der Waals surface area (Å²) in [6.07, 6.45) is 6.81. The molecule has 0 saturated carbocycles. The Morgan fingerprint density at radius 3 is 2.95 bits per heavy atom. The predicted octanol–water partition coefficient (Wildman–Crippen LogP) is 4.91. The maximum absolute atomic E-state index is 6.44. The van der Waals surface area contributed by atoms with Crippen LogP contribution >= 0.6 is 23.4 Å². The monoisotopic (exact) mass is 321 g/mol. The van der Waals surface area contributed by atoms with E-state index >= 15 is 0 Å². The van der Waals surface area contributed by atoms with Gasteiger partial charge in [0.05, 0.1) is 16.1 Å². The van der Waals surface area contributed by atoms with E-state index in [0.717, 1.165) is 24.5 Å². The molecule has 3 heterocycles. The first-order chi connectivity index (χ1) is 10.3. The molecule has 112 valence electrons. The summed E-state index contributed by atoms with van der Waals surface area (Å²) in [5, 5.41) is 2.10. The van der Waals surface area contributed by atoms with E-state index in [-0.39, 0.29) is 5.60 Å². The van der Waals surface area contributed by atoms with E-state index in [4.69, 9.17) is 16.3 Å². The minimum Gasteiger partial charge on any atom is -0.375 e. The molecule has 2 nitrogen and oxygen atoms in total. The van der Waals surface area contributed by atoms with E-state index in [9.17, 15) is 0 Å². The molecule has 1 spiro atoms. The summed E-state index contributed by atoms with van der Waals surface area (Å²) in [5.74, 6) is 2.47.